The molecule has 0 rings (SSSR count). The molecule has 0 aromatic rings. The van der Waals surface area contributed by atoms with E-state index < -0.39 is 0 Å². The van der Waals surface area contributed by atoms with Gasteiger partial charge in [0.2, 0.25) is 0 Å². The van der Waals surface area contributed by atoms with Crippen LogP contribution in [-0.4, -0.2) is 0 Å². The molecule has 0 aliphatic carbocycles. The zero-order chi connectivity index (χ0) is 12.6. The van der Waals surface area contributed by atoms with Gasteiger partial charge in [0.1, 0.15) is 0 Å². The van der Waals surface area contributed by atoms with Gasteiger partial charge in [0.25, 0.3) is 0 Å². The molecule has 0 heterocycles. The molecule has 0 amide bonds. The molecule has 0 fully saturated rings. The fourth-order valence-electron chi connectivity index (χ4n) is 1.86. The fourth-order valence-corrected chi connectivity index (χ4v) is 1.86. The molecule has 0 nitrogen and oxygen atoms in total. The first kappa shape index (κ1) is 16.3. The first-order valence-corrected chi connectivity index (χ1v) is 7.48. The van der Waals surface area contributed by atoms with Gasteiger partial charge < -0.3 is 0 Å². The quantitative estimate of drug-likeness (QED) is 0.238. The maximum absolute atomic E-state index is 3.71. The van der Waals surface area contributed by atoms with Crippen molar-refractivity contribution in [1.82, 2.24) is 0 Å². The standard InChI is InChI=1S/C17H30/c1-3-5-7-9-11-13-15-17-16-14-12-10-8-6-4-2/h3H,1,4-10,12,14-17H2,2H3. The summed E-state index contributed by atoms with van der Waals surface area (Å²) in [5.41, 5.74) is 0. The maximum Gasteiger partial charge on any atom is 0.00916 e. The lowest BCUT2D eigenvalue weighted by Gasteiger charge is -1.99. The summed E-state index contributed by atoms with van der Waals surface area (Å²) in [6.07, 6.45) is 17.5. The van der Waals surface area contributed by atoms with Gasteiger partial charge in [-0.2, -0.15) is 0 Å². The highest BCUT2D eigenvalue weighted by atomic mass is 14.0. The van der Waals surface area contributed by atoms with Crippen molar-refractivity contribution < 1.29 is 0 Å². The van der Waals surface area contributed by atoms with Crippen molar-refractivity contribution >= 4 is 0 Å². The third-order valence-electron chi connectivity index (χ3n) is 2.99. The monoisotopic (exact) mass is 234 g/mol. The molecule has 0 aromatic heterocycles. The third-order valence-corrected chi connectivity index (χ3v) is 2.99. The highest BCUT2D eigenvalue weighted by Crippen LogP contribution is 2.09. The van der Waals surface area contributed by atoms with Crippen LogP contribution < -0.4 is 0 Å². The Hall–Kier alpha value is -0.700. The van der Waals surface area contributed by atoms with Crippen molar-refractivity contribution in [3.8, 4) is 11.8 Å². The van der Waals surface area contributed by atoms with E-state index in [0.717, 1.165) is 19.3 Å². The van der Waals surface area contributed by atoms with E-state index in [-0.39, 0.29) is 0 Å². The highest BCUT2D eigenvalue weighted by molar-refractivity contribution is 4.98. The van der Waals surface area contributed by atoms with Crippen molar-refractivity contribution in [2.75, 3.05) is 0 Å². The van der Waals surface area contributed by atoms with Crippen molar-refractivity contribution in [2.45, 2.75) is 84.0 Å². The van der Waals surface area contributed by atoms with E-state index in [1.54, 1.807) is 0 Å². The molecule has 0 spiro atoms. The molecule has 0 N–H and O–H groups in total. The summed E-state index contributed by atoms with van der Waals surface area (Å²) in [7, 11) is 0. The van der Waals surface area contributed by atoms with Crippen LogP contribution in [0.5, 0.6) is 0 Å². The summed E-state index contributed by atoms with van der Waals surface area (Å²) in [5, 5.41) is 0. The lowest BCUT2D eigenvalue weighted by atomic mass is 10.1. The van der Waals surface area contributed by atoms with E-state index in [1.807, 2.05) is 6.08 Å². The molecule has 0 saturated heterocycles. The second-order valence-electron chi connectivity index (χ2n) is 4.76. The van der Waals surface area contributed by atoms with E-state index >= 15 is 0 Å². The van der Waals surface area contributed by atoms with E-state index in [9.17, 15) is 0 Å². The van der Waals surface area contributed by atoms with Crippen molar-refractivity contribution in [1.29, 1.82) is 0 Å². The highest BCUT2D eigenvalue weighted by Gasteiger charge is 1.90. The lowest BCUT2D eigenvalue weighted by Crippen LogP contribution is -1.80. The summed E-state index contributed by atoms with van der Waals surface area (Å²) in [6, 6.07) is 0. The maximum atomic E-state index is 3.71. The van der Waals surface area contributed by atoms with Crippen LogP contribution in [-0.2, 0) is 0 Å². The Morgan fingerprint density at radius 2 is 1.29 bits per heavy atom. The molecule has 0 heteroatoms. The van der Waals surface area contributed by atoms with Crippen LogP contribution in [0.4, 0.5) is 0 Å². The van der Waals surface area contributed by atoms with Gasteiger partial charge in [-0.1, -0.05) is 57.9 Å². The normalized spacial score (nSPS) is 9.71. The Bertz CT molecular complexity index is 204. The molecular formula is C17H30. The third kappa shape index (κ3) is 15.3. The van der Waals surface area contributed by atoms with E-state index in [1.165, 1.54) is 57.8 Å². The van der Waals surface area contributed by atoms with Crippen LogP contribution >= 0.6 is 0 Å². The molecule has 17 heavy (non-hydrogen) atoms. The molecule has 0 aliphatic heterocycles. The zero-order valence-corrected chi connectivity index (χ0v) is 11.8. The zero-order valence-electron chi connectivity index (χ0n) is 11.8. The summed E-state index contributed by atoms with van der Waals surface area (Å²) in [6.45, 7) is 5.98. The number of unbranched alkanes of at least 4 members (excludes halogenated alkanes) is 10. The fraction of sp³-hybridized carbons (Fsp3) is 0.765. The second-order valence-corrected chi connectivity index (χ2v) is 4.76. The molecule has 0 atom stereocenters. The largest absolute Gasteiger partial charge is 0.103 e. The van der Waals surface area contributed by atoms with Crippen LogP contribution in [0.15, 0.2) is 12.7 Å². The van der Waals surface area contributed by atoms with Gasteiger partial charge in [-0.15, -0.1) is 18.4 Å². The van der Waals surface area contributed by atoms with E-state index in [4.69, 9.17) is 0 Å². The first-order valence-electron chi connectivity index (χ1n) is 7.48. The van der Waals surface area contributed by atoms with Gasteiger partial charge in [0.05, 0.1) is 0 Å². The molecule has 0 aliphatic rings. The molecule has 0 aromatic carbocycles. The molecule has 98 valence electrons. The predicted molar refractivity (Wildman–Crippen MR) is 79.1 cm³/mol. The van der Waals surface area contributed by atoms with Gasteiger partial charge in [0, 0.05) is 12.8 Å². The Kier molecular flexibility index (Phi) is 14.7. The minimum atomic E-state index is 1.04. The van der Waals surface area contributed by atoms with Gasteiger partial charge in [-0.05, 0) is 19.3 Å². The Balaban J connectivity index is 3.04. The predicted octanol–water partition coefficient (Wildman–Crippen LogP) is 5.88. The van der Waals surface area contributed by atoms with Gasteiger partial charge in [0.15, 0.2) is 0 Å². The van der Waals surface area contributed by atoms with Gasteiger partial charge in [-0.3, -0.25) is 0 Å². The minimum Gasteiger partial charge on any atom is -0.103 e. The Labute approximate surface area is 109 Å². The number of hydrogen-bond acceptors (Lipinski definition) is 0. The first-order chi connectivity index (χ1) is 8.41. The minimum absolute atomic E-state index is 1.04. The van der Waals surface area contributed by atoms with Crippen molar-refractivity contribution in [2.24, 2.45) is 0 Å². The Morgan fingerprint density at radius 1 is 0.765 bits per heavy atom. The summed E-state index contributed by atoms with van der Waals surface area (Å²) in [4.78, 5) is 0. The van der Waals surface area contributed by atoms with E-state index in [2.05, 4.69) is 25.3 Å². The molecule has 0 bridgehead atoms. The van der Waals surface area contributed by atoms with E-state index in [0.29, 0.717) is 0 Å². The number of rotatable bonds is 11. The van der Waals surface area contributed by atoms with Crippen LogP contribution in [0.25, 0.3) is 0 Å². The van der Waals surface area contributed by atoms with Gasteiger partial charge in [-0.25, -0.2) is 0 Å². The molecule has 0 unspecified atom stereocenters. The molecule has 0 saturated carbocycles. The average molecular weight is 234 g/mol. The van der Waals surface area contributed by atoms with Crippen molar-refractivity contribution in [3.05, 3.63) is 12.7 Å². The average Bonchev–Trinajstić information content (AvgIpc) is 2.35. The number of allylic oxidation sites excluding steroid dienone is 1. The summed E-state index contributed by atoms with van der Waals surface area (Å²) < 4.78 is 0. The molecule has 0 radical (unpaired) electrons. The smallest absolute Gasteiger partial charge is 0.00916 e. The SMILES string of the molecule is C=CCCCC#CCCCCCCCCCC. The second kappa shape index (κ2) is 15.3. The van der Waals surface area contributed by atoms with Crippen LogP contribution in [0.2, 0.25) is 0 Å². The topological polar surface area (TPSA) is 0 Å². The van der Waals surface area contributed by atoms with Gasteiger partial charge >= 0.3 is 0 Å². The molecular weight excluding hydrogens is 204 g/mol. The van der Waals surface area contributed by atoms with Crippen molar-refractivity contribution in [3.63, 3.8) is 0 Å². The lowest BCUT2D eigenvalue weighted by molar-refractivity contribution is 0.579. The Morgan fingerprint density at radius 3 is 1.88 bits per heavy atom. The van der Waals surface area contributed by atoms with Crippen LogP contribution in [0.1, 0.15) is 84.0 Å². The van der Waals surface area contributed by atoms with Crippen LogP contribution in [0, 0.1) is 11.8 Å². The number of hydrogen-bond donors (Lipinski definition) is 0. The summed E-state index contributed by atoms with van der Waals surface area (Å²) in [5.74, 6) is 6.51. The van der Waals surface area contributed by atoms with Crippen LogP contribution in [0.3, 0.4) is 0 Å². The summed E-state index contributed by atoms with van der Waals surface area (Å²) >= 11 is 0.